The van der Waals surface area contributed by atoms with Crippen LogP contribution in [0.5, 0.6) is 17.2 Å². The van der Waals surface area contributed by atoms with Crippen LogP contribution in [-0.2, 0) is 9.53 Å². The van der Waals surface area contributed by atoms with E-state index in [1.165, 1.54) is 23.0 Å². The Morgan fingerprint density at radius 3 is 2.50 bits per heavy atom. The van der Waals surface area contributed by atoms with Gasteiger partial charge in [0.25, 0.3) is 5.56 Å². The minimum Gasteiger partial charge on any atom is -0.497 e. The van der Waals surface area contributed by atoms with Gasteiger partial charge in [0.1, 0.15) is 23.3 Å². The molecule has 2 aromatic carbocycles. The van der Waals surface area contributed by atoms with Crippen molar-refractivity contribution in [2.24, 2.45) is 4.99 Å². The molecule has 1 atom stereocenters. The lowest BCUT2D eigenvalue weighted by molar-refractivity contribution is -0.139. The van der Waals surface area contributed by atoms with E-state index in [0.717, 1.165) is 10.0 Å². The van der Waals surface area contributed by atoms with Gasteiger partial charge in [-0.1, -0.05) is 27.3 Å². The normalized spacial score (nSPS) is 15.3. The summed E-state index contributed by atoms with van der Waals surface area (Å²) in [4.78, 5) is 32.1. The van der Waals surface area contributed by atoms with Gasteiger partial charge in [-0.2, -0.15) is 0 Å². The van der Waals surface area contributed by atoms with E-state index in [4.69, 9.17) is 18.9 Å². The molecule has 0 amide bonds. The highest BCUT2D eigenvalue weighted by Crippen LogP contribution is 2.37. The van der Waals surface area contributed by atoms with E-state index in [-0.39, 0.29) is 17.7 Å². The molecular formula is C26H25BrN2O6S. The van der Waals surface area contributed by atoms with Crippen molar-refractivity contribution >= 4 is 39.3 Å². The fraction of sp³-hybridized carbons (Fsp3) is 0.269. The van der Waals surface area contributed by atoms with Crippen molar-refractivity contribution < 1.29 is 23.7 Å². The Hall–Kier alpha value is -3.37. The van der Waals surface area contributed by atoms with Crippen molar-refractivity contribution in [3.05, 3.63) is 83.0 Å². The number of hydrogen-bond donors (Lipinski definition) is 0. The van der Waals surface area contributed by atoms with Crippen molar-refractivity contribution in [3.63, 3.8) is 0 Å². The van der Waals surface area contributed by atoms with Gasteiger partial charge in [0.15, 0.2) is 4.80 Å². The van der Waals surface area contributed by atoms with Crippen LogP contribution in [0.15, 0.2) is 61.9 Å². The number of allylic oxidation sites excluding steroid dienone is 1. The Morgan fingerprint density at radius 1 is 1.11 bits per heavy atom. The number of thiazole rings is 1. The molecule has 0 bridgehead atoms. The van der Waals surface area contributed by atoms with Crippen molar-refractivity contribution in [2.75, 3.05) is 27.9 Å². The lowest BCUT2D eigenvalue weighted by Gasteiger charge is -2.26. The standard InChI is InChI=1S/C26H25BrN2O6S/c1-6-35-25(31)22-14(2)28-26-29(23(22)18-13-17(32-3)8-10-20(18)34-5)24(30)21(36-26)12-15-11-16(27)7-9-19(15)33-4/h7-13,23H,6H2,1-5H3/b21-12-/t23-/m1/s1. The predicted octanol–water partition coefficient (Wildman–Crippen LogP) is 3.59. The van der Waals surface area contributed by atoms with Crippen LogP contribution >= 0.6 is 27.3 Å². The Bertz CT molecular complexity index is 1540. The highest BCUT2D eigenvalue weighted by Gasteiger charge is 2.35. The fourth-order valence-electron chi connectivity index (χ4n) is 4.10. The molecule has 3 aromatic rings. The molecule has 0 saturated carbocycles. The zero-order chi connectivity index (χ0) is 26.0. The quantitative estimate of drug-likeness (QED) is 0.402. The predicted molar refractivity (Wildman–Crippen MR) is 141 cm³/mol. The number of rotatable bonds is 7. The van der Waals surface area contributed by atoms with Crippen LogP contribution in [0.1, 0.15) is 31.0 Å². The molecule has 0 fully saturated rings. The number of carbonyl (C=O) groups is 1. The molecule has 188 valence electrons. The maximum Gasteiger partial charge on any atom is 0.338 e. The van der Waals surface area contributed by atoms with E-state index in [0.29, 0.717) is 37.8 Å². The van der Waals surface area contributed by atoms with Crippen LogP contribution in [0.25, 0.3) is 6.08 Å². The second-order valence-corrected chi connectivity index (χ2v) is 9.72. The van der Waals surface area contributed by atoms with Crippen molar-refractivity contribution in [2.45, 2.75) is 19.9 Å². The molecule has 0 radical (unpaired) electrons. The molecule has 4 rings (SSSR count). The molecule has 0 unspecified atom stereocenters. The summed E-state index contributed by atoms with van der Waals surface area (Å²) in [5.41, 5.74) is 1.75. The summed E-state index contributed by atoms with van der Waals surface area (Å²) < 4.78 is 24.7. The average Bonchev–Trinajstić information content (AvgIpc) is 3.17. The number of esters is 1. The second-order valence-electron chi connectivity index (χ2n) is 7.80. The van der Waals surface area contributed by atoms with Crippen LogP contribution in [0.3, 0.4) is 0 Å². The summed E-state index contributed by atoms with van der Waals surface area (Å²) in [6, 6.07) is 9.99. The first-order valence-corrected chi connectivity index (χ1v) is 12.7. The molecule has 8 nitrogen and oxygen atoms in total. The summed E-state index contributed by atoms with van der Waals surface area (Å²) in [6.07, 6.45) is 1.76. The molecule has 0 N–H and O–H groups in total. The largest absolute Gasteiger partial charge is 0.497 e. The molecule has 2 heterocycles. The van der Waals surface area contributed by atoms with Crippen molar-refractivity contribution in [3.8, 4) is 17.2 Å². The highest BCUT2D eigenvalue weighted by atomic mass is 79.9. The minimum atomic E-state index is -0.822. The smallest absolute Gasteiger partial charge is 0.338 e. The van der Waals surface area contributed by atoms with Crippen molar-refractivity contribution in [1.82, 2.24) is 4.57 Å². The fourth-order valence-corrected chi connectivity index (χ4v) is 5.51. The van der Waals surface area contributed by atoms with E-state index in [1.54, 1.807) is 52.3 Å². The van der Waals surface area contributed by atoms with Gasteiger partial charge in [-0.3, -0.25) is 9.36 Å². The second kappa shape index (κ2) is 10.7. The summed E-state index contributed by atoms with van der Waals surface area (Å²) in [5, 5.41) is 0. The van der Waals surface area contributed by atoms with Crippen LogP contribution in [0.4, 0.5) is 0 Å². The number of ether oxygens (including phenoxy) is 4. The summed E-state index contributed by atoms with van der Waals surface area (Å²) in [6.45, 7) is 3.65. The number of methoxy groups -OCH3 is 3. The van der Waals surface area contributed by atoms with Gasteiger partial charge in [-0.05, 0) is 56.3 Å². The highest BCUT2D eigenvalue weighted by molar-refractivity contribution is 9.10. The Morgan fingerprint density at radius 2 is 1.83 bits per heavy atom. The number of nitrogens with zero attached hydrogens (tertiary/aromatic N) is 2. The molecule has 0 spiro atoms. The monoisotopic (exact) mass is 572 g/mol. The first-order chi connectivity index (χ1) is 17.3. The number of carbonyl (C=O) groups excluding carboxylic acids is 1. The molecule has 0 saturated heterocycles. The maximum absolute atomic E-state index is 13.9. The van der Waals surface area contributed by atoms with Gasteiger partial charge in [-0.25, -0.2) is 9.79 Å². The molecule has 1 aliphatic heterocycles. The molecular weight excluding hydrogens is 548 g/mol. The number of benzene rings is 2. The molecule has 10 heteroatoms. The molecule has 36 heavy (non-hydrogen) atoms. The minimum absolute atomic E-state index is 0.185. The Labute approximate surface area is 220 Å². The lowest BCUT2D eigenvalue weighted by Crippen LogP contribution is -2.40. The number of hydrogen-bond acceptors (Lipinski definition) is 8. The van der Waals surface area contributed by atoms with Crippen LogP contribution in [-0.4, -0.2) is 38.5 Å². The molecule has 1 aromatic heterocycles. The van der Waals surface area contributed by atoms with Gasteiger partial charge < -0.3 is 18.9 Å². The van der Waals surface area contributed by atoms with E-state index >= 15 is 0 Å². The SMILES string of the molecule is CCOC(=O)C1=C(C)N=c2s/c(=C\c3cc(Br)ccc3OC)c(=O)n2[C@@H]1c1cc(OC)ccc1OC. The van der Waals surface area contributed by atoms with E-state index < -0.39 is 12.0 Å². The Balaban J connectivity index is 2.03. The number of aromatic nitrogens is 1. The van der Waals surface area contributed by atoms with E-state index in [1.807, 2.05) is 18.2 Å². The third-order valence-electron chi connectivity index (χ3n) is 5.73. The summed E-state index contributed by atoms with van der Waals surface area (Å²) in [7, 11) is 4.66. The van der Waals surface area contributed by atoms with Crippen LogP contribution in [0.2, 0.25) is 0 Å². The van der Waals surface area contributed by atoms with E-state index in [9.17, 15) is 9.59 Å². The van der Waals surface area contributed by atoms with Gasteiger partial charge in [0.05, 0.1) is 43.7 Å². The molecule has 0 aliphatic carbocycles. The number of fused-ring (bicyclic) bond motifs is 1. The average molecular weight is 573 g/mol. The van der Waals surface area contributed by atoms with Gasteiger partial charge in [-0.15, -0.1) is 0 Å². The van der Waals surface area contributed by atoms with E-state index in [2.05, 4.69) is 20.9 Å². The Kier molecular flexibility index (Phi) is 7.65. The zero-order valence-electron chi connectivity index (χ0n) is 20.5. The summed E-state index contributed by atoms with van der Waals surface area (Å²) in [5.74, 6) is 1.14. The summed E-state index contributed by atoms with van der Waals surface area (Å²) >= 11 is 4.71. The zero-order valence-corrected chi connectivity index (χ0v) is 22.9. The lowest BCUT2D eigenvalue weighted by atomic mass is 9.94. The van der Waals surface area contributed by atoms with Crippen LogP contribution in [0, 0.1) is 0 Å². The first kappa shape index (κ1) is 25.7. The number of halogens is 1. The van der Waals surface area contributed by atoms with Gasteiger partial charge in [0, 0.05) is 15.6 Å². The van der Waals surface area contributed by atoms with Gasteiger partial charge >= 0.3 is 5.97 Å². The third kappa shape index (κ3) is 4.70. The molecule has 1 aliphatic rings. The van der Waals surface area contributed by atoms with Gasteiger partial charge in [0.2, 0.25) is 0 Å². The third-order valence-corrected chi connectivity index (χ3v) is 7.20. The van der Waals surface area contributed by atoms with Crippen LogP contribution < -0.4 is 29.1 Å². The first-order valence-electron chi connectivity index (χ1n) is 11.1. The maximum atomic E-state index is 13.9. The topological polar surface area (TPSA) is 88.4 Å². The van der Waals surface area contributed by atoms with Crippen molar-refractivity contribution in [1.29, 1.82) is 0 Å².